The number of aromatic nitrogens is 2. The molecule has 1 amide bonds. The lowest BCUT2D eigenvalue weighted by Crippen LogP contribution is -2.49. The van der Waals surface area contributed by atoms with Crippen LogP contribution in [-0.2, 0) is 21.8 Å². The molecule has 2 aliphatic rings. The van der Waals surface area contributed by atoms with E-state index in [-0.39, 0.29) is 6.10 Å². The van der Waals surface area contributed by atoms with Crippen LogP contribution in [0.4, 0.5) is 16.2 Å². The van der Waals surface area contributed by atoms with Gasteiger partial charge in [0.2, 0.25) is 5.79 Å². The van der Waals surface area contributed by atoms with E-state index in [0.29, 0.717) is 54.1 Å². The molecule has 6 rings (SSSR count). The number of anilines is 2. The van der Waals surface area contributed by atoms with Crippen LogP contribution in [0.3, 0.4) is 0 Å². The van der Waals surface area contributed by atoms with Crippen LogP contribution < -0.4 is 14.5 Å². The van der Waals surface area contributed by atoms with Crippen molar-refractivity contribution in [3.63, 3.8) is 0 Å². The Morgan fingerprint density at radius 1 is 1.04 bits per heavy atom. The van der Waals surface area contributed by atoms with Crippen molar-refractivity contribution >= 4 is 40.7 Å². The van der Waals surface area contributed by atoms with E-state index in [1.165, 1.54) is 4.90 Å². The van der Waals surface area contributed by atoms with Gasteiger partial charge in [-0.1, -0.05) is 47.5 Å². The summed E-state index contributed by atoms with van der Waals surface area (Å²) in [7, 11) is 0. The van der Waals surface area contributed by atoms with Gasteiger partial charge in [0.15, 0.2) is 0 Å². The van der Waals surface area contributed by atoms with Crippen LogP contribution in [0.1, 0.15) is 5.56 Å². The van der Waals surface area contributed by atoms with E-state index in [1.807, 2.05) is 59.3 Å². The molecule has 0 bridgehead atoms. The van der Waals surface area contributed by atoms with Crippen molar-refractivity contribution in [3.05, 3.63) is 107 Å². The SMILES string of the molecule is O=C(O)N(CCN1CCN(c2ccc(OC[C@@H]3CO[C@@](Cn4ccnc4)(c4ccc(Cl)cc4Cl)O3)cc2)CC1)c1ccccc1. The topological polar surface area (TPSA) is 92.5 Å². The highest BCUT2D eigenvalue weighted by Crippen LogP contribution is 2.40. The smallest absolute Gasteiger partial charge is 0.411 e. The molecule has 12 heteroatoms. The number of rotatable bonds is 11. The first-order valence-corrected chi connectivity index (χ1v) is 15.6. The summed E-state index contributed by atoms with van der Waals surface area (Å²) in [6.45, 7) is 5.57. The lowest BCUT2D eigenvalue weighted by molar-refractivity contribution is -0.189. The summed E-state index contributed by atoms with van der Waals surface area (Å²) in [6, 6.07) is 22.6. The molecular formula is C33H35Cl2N5O5. The third-order valence-electron chi connectivity index (χ3n) is 8.10. The summed E-state index contributed by atoms with van der Waals surface area (Å²) in [5.74, 6) is -0.358. The first-order valence-electron chi connectivity index (χ1n) is 14.9. The summed E-state index contributed by atoms with van der Waals surface area (Å²) < 4.78 is 20.8. The van der Waals surface area contributed by atoms with Crippen molar-refractivity contribution in [3.8, 4) is 5.75 Å². The Balaban J connectivity index is 0.998. The molecule has 3 heterocycles. The highest BCUT2D eigenvalue weighted by Gasteiger charge is 2.45. The largest absolute Gasteiger partial charge is 0.491 e. The van der Waals surface area contributed by atoms with E-state index in [0.717, 1.165) is 37.6 Å². The zero-order valence-corrected chi connectivity index (χ0v) is 26.2. The van der Waals surface area contributed by atoms with Gasteiger partial charge in [0.05, 0.1) is 24.5 Å². The molecule has 0 unspecified atom stereocenters. The summed E-state index contributed by atoms with van der Waals surface area (Å²) in [6.07, 6.45) is 4.02. The number of hydrogen-bond donors (Lipinski definition) is 1. The van der Waals surface area contributed by atoms with Crippen molar-refractivity contribution in [1.82, 2.24) is 14.5 Å². The number of para-hydroxylation sites is 1. The van der Waals surface area contributed by atoms with Crippen LogP contribution in [0.15, 0.2) is 91.5 Å². The number of imidazole rings is 1. The van der Waals surface area contributed by atoms with Crippen molar-refractivity contribution in [2.24, 2.45) is 0 Å². The number of halogens is 2. The van der Waals surface area contributed by atoms with Gasteiger partial charge >= 0.3 is 6.09 Å². The molecule has 3 aromatic carbocycles. The fourth-order valence-corrected chi connectivity index (χ4v) is 6.28. The second-order valence-corrected chi connectivity index (χ2v) is 11.9. The number of carbonyl (C=O) groups is 1. The van der Waals surface area contributed by atoms with E-state index in [9.17, 15) is 9.90 Å². The Bertz CT molecular complexity index is 1550. The molecule has 236 valence electrons. The van der Waals surface area contributed by atoms with E-state index < -0.39 is 11.9 Å². The number of hydrogen-bond acceptors (Lipinski definition) is 7. The molecule has 2 saturated heterocycles. The van der Waals surface area contributed by atoms with Crippen molar-refractivity contribution in [2.45, 2.75) is 18.4 Å². The maximum atomic E-state index is 11.8. The Morgan fingerprint density at radius 2 is 1.82 bits per heavy atom. The predicted octanol–water partition coefficient (Wildman–Crippen LogP) is 5.84. The van der Waals surface area contributed by atoms with Crippen molar-refractivity contribution in [1.29, 1.82) is 0 Å². The van der Waals surface area contributed by atoms with Gasteiger partial charge in [-0.2, -0.15) is 0 Å². The minimum absolute atomic E-state index is 0.311. The lowest BCUT2D eigenvalue weighted by atomic mass is 10.1. The van der Waals surface area contributed by atoms with Crippen molar-refractivity contribution < 1.29 is 24.1 Å². The number of amides is 1. The average molecular weight is 653 g/mol. The van der Waals surface area contributed by atoms with Crippen LogP contribution in [-0.4, -0.2) is 84.2 Å². The first kappa shape index (κ1) is 31.2. The maximum absolute atomic E-state index is 11.8. The zero-order valence-electron chi connectivity index (χ0n) is 24.7. The molecule has 45 heavy (non-hydrogen) atoms. The zero-order chi connectivity index (χ0) is 31.2. The molecular weight excluding hydrogens is 617 g/mol. The normalized spacial score (nSPS) is 20.3. The van der Waals surface area contributed by atoms with Crippen LogP contribution in [0.2, 0.25) is 10.0 Å². The molecule has 2 aliphatic heterocycles. The highest BCUT2D eigenvalue weighted by molar-refractivity contribution is 6.35. The van der Waals surface area contributed by atoms with Crippen LogP contribution >= 0.6 is 23.2 Å². The van der Waals surface area contributed by atoms with Gasteiger partial charge in [0.25, 0.3) is 0 Å². The second kappa shape index (κ2) is 14.1. The molecule has 2 fully saturated rings. The lowest BCUT2D eigenvalue weighted by Gasteiger charge is -2.36. The molecule has 0 saturated carbocycles. The quantitative estimate of drug-likeness (QED) is 0.216. The second-order valence-electron chi connectivity index (χ2n) is 11.1. The fourth-order valence-electron chi connectivity index (χ4n) is 5.73. The van der Waals surface area contributed by atoms with Gasteiger partial charge in [-0.15, -0.1) is 0 Å². The van der Waals surface area contributed by atoms with Crippen LogP contribution in [0.25, 0.3) is 0 Å². The number of benzene rings is 3. The van der Waals surface area contributed by atoms with Crippen molar-refractivity contribution in [2.75, 3.05) is 62.3 Å². The van der Waals surface area contributed by atoms with Gasteiger partial charge in [-0.25, -0.2) is 9.78 Å². The van der Waals surface area contributed by atoms with Gasteiger partial charge in [0.1, 0.15) is 18.5 Å². The summed E-state index contributed by atoms with van der Waals surface area (Å²) >= 11 is 12.7. The summed E-state index contributed by atoms with van der Waals surface area (Å²) in [5.41, 5.74) is 2.51. The Kier molecular flexibility index (Phi) is 9.77. The number of carboxylic acid groups (broad SMARTS) is 1. The van der Waals surface area contributed by atoms with Gasteiger partial charge in [-0.3, -0.25) is 9.80 Å². The fraction of sp³-hybridized carbons (Fsp3) is 0.333. The van der Waals surface area contributed by atoms with E-state index in [1.54, 1.807) is 24.7 Å². The Morgan fingerprint density at radius 3 is 2.51 bits per heavy atom. The van der Waals surface area contributed by atoms with Crippen LogP contribution in [0.5, 0.6) is 5.75 Å². The van der Waals surface area contributed by atoms with Gasteiger partial charge in [-0.05, 0) is 48.5 Å². The maximum Gasteiger partial charge on any atom is 0.411 e. The summed E-state index contributed by atoms with van der Waals surface area (Å²) in [4.78, 5) is 22.0. The third kappa shape index (κ3) is 7.54. The number of piperazine rings is 1. The summed E-state index contributed by atoms with van der Waals surface area (Å²) in [5, 5.41) is 10.7. The van der Waals surface area contributed by atoms with E-state index >= 15 is 0 Å². The van der Waals surface area contributed by atoms with E-state index in [2.05, 4.69) is 26.9 Å². The average Bonchev–Trinajstić information content (AvgIpc) is 3.72. The number of ether oxygens (including phenoxy) is 3. The van der Waals surface area contributed by atoms with Crippen LogP contribution in [0, 0.1) is 0 Å². The molecule has 4 aromatic rings. The highest BCUT2D eigenvalue weighted by atomic mass is 35.5. The molecule has 2 atom stereocenters. The Labute approximate surface area is 272 Å². The number of nitrogens with zero attached hydrogens (tertiary/aromatic N) is 5. The molecule has 1 aromatic heterocycles. The molecule has 0 spiro atoms. The molecule has 0 radical (unpaired) electrons. The predicted molar refractivity (Wildman–Crippen MR) is 174 cm³/mol. The molecule has 10 nitrogen and oxygen atoms in total. The molecule has 0 aliphatic carbocycles. The minimum atomic E-state index is -1.10. The monoisotopic (exact) mass is 651 g/mol. The Hall–Kier alpha value is -3.80. The standard InChI is InChI=1S/C33H35Cl2N5O5/c34-25-6-11-30(31(35)20-25)33(23-38-13-12-36-24-38)44-22-29(45-33)21-43-28-9-7-26(8-10-28)39-17-14-37(15-18-39)16-19-40(32(41)42)27-4-2-1-3-5-27/h1-13,20,24,29H,14-19,21-23H2,(H,41,42)/t29-,33-/m1/s1. The van der Waals surface area contributed by atoms with E-state index in [4.69, 9.17) is 37.4 Å². The minimum Gasteiger partial charge on any atom is -0.491 e. The first-order chi connectivity index (χ1) is 21.9. The third-order valence-corrected chi connectivity index (χ3v) is 8.65. The molecule has 1 N–H and O–H groups in total. The van der Waals surface area contributed by atoms with Gasteiger partial charge < -0.3 is 28.8 Å². The van der Waals surface area contributed by atoms with Gasteiger partial charge in [0, 0.05) is 73.6 Å².